The second-order valence-corrected chi connectivity index (χ2v) is 15.9. The van der Waals surface area contributed by atoms with E-state index >= 15 is 0 Å². The Hall–Kier alpha value is -4.53. The highest BCUT2D eigenvalue weighted by atomic mass is 16.3. The van der Waals surface area contributed by atoms with Crippen molar-refractivity contribution in [1.29, 1.82) is 0 Å². The first-order chi connectivity index (χ1) is 25.9. The van der Waals surface area contributed by atoms with Crippen LogP contribution in [0.3, 0.4) is 0 Å². The van der Waals surface area contributed by atoms with Gasteiger partial charge in [-0.25, -0.2) is 0 Å². The molecule has 15 heteroatoms. The van der Waals surface area contributed by atoms with Crippen molar-refractivity contribution in [3.63, 3.8) is 0 Å². The van der Waals surface area contributed by atoms with Gasteiger partial charge < -0.3 is 41.5 Å². The maximum Gasteiger partial charge on any atom is 0.246 e. The van der Waals surface area contributed by atoms with Gasteiger partial charge in [-0.3, -0.25) is 33.6 Å². The predicted molar refractivity (Wildman–Crippen MR) is 196 cm³/mol. The monoisotopic (exact) mass is 749 g/mol. The molecule has 7 amide bonds. The van der Waals surface area contributed by atoms with E-state index in [-0.39, 0.29) is 43.0 Å². The molecule has 2 saturated carbocycles. The molecule has 0 unspecified atom stereocenters. The van der Waals surface area contributed by atoms with Crippen molar-refractivity contribution in [1.82, 2.24) is 36.4 Å². The Morgan fingerprint density at radius 1 is 0.815 bits per heavy atom. The Kier molecular flexibility index (Phi) is 12.5. The molecule has 0 radical (unpaired) electrons. The zero-order chi connectivity index (χ0) is 38.5. The highest BCUT2D eigenvalue weighted by Crippen LogP contribution is 2.30. The molecule has 6 rings (SSSR count). The van der Waals surface area contributed by atoms with Crippen LogP contribution < -0.4 is 26.6 Å². The number of aliphatic hydroxyl groups is 1. The minimum Gasteiger partial charge on any atom is -0.391 e. The van der Waals surface area contributed by atoms with Gasteiger partial charge in [-0.1, -0.05) is 49.6 Å². The summed E-state index contributed by atoms with van der Waals surface area (Å²) in [5, 5.41) is 24.8. The Labute approximate surface area is 316 Å². The summed E-state index contributed by atoms with van der Waals surface area (Å²) in [7, 11) is 0. The number of carbonyl (C=O) groups is 7. The van der Waals surface area contributed by atoms with E-state index < -0.39 is 77.8 Å². The first-order valence-electron chi connectivity index (χ1n) is 19.7. The van der Waals surface area contributed by atoms with Crippen LogP contribution in [0.1, 0.15) is 83.6 Å². The third kappa shape index (κ3) is 9.04. The second kappa shape index (κ2) is 17.3. The summed E-state index contributed by atoms with van der Waals surface area (Å²) in [6, 6.07) is 3.23. The van der Waals surface area contributed by atoms with Gasteiger partial charge in [0.15, 0.2) is 0 Å². The van der Waals surface area contributed by atoms with E-state index in [4.69, 9.17) is 0 Å². The van der Waals surface area contributed by atoms with Crippen LogP contribution in [0.5, 0.6) is 0 Å². The minimum absolute atomic E-state index is 0.0241. The lowest BCUT2D eigenvalue weighted by atomic mass is 9.94. The Morgan fingerprint density at radius 3 is 2.20 bits per heavy atom. The minimum atomic E-state index is -1.39. The Bertz CT molecular complexity index is 1580. The molecule has 15 nitrogen and oxygen atoms in total. The fourth-order valence-corrected chi connectivity index (χ4v) is 8.85. The van der Waals surface area contributed by atoms with Gasteiger partial charge in [0.1, 0.15) is 24.2 Å². The smallest absolute Gasteiger partial charge is 0.246 e. The molecule has 0 bridgehead atoms. The number of rotatable bonds is 6. The highest BCUT2D eigenvalue weighted by Gasteiger charge is 2.45. The van der Waals surface area contributed by atoms with Crippen molar-refractivity contribution in [3.8, 4) is 0 Å². The van der Waals surface area contributed by atoms with Gasteiger partial charge in [0.05, 0.1) is 12.0 Å². The molecule has 3 heterocycles. The molecular weight excluding hydrogens is 694 g/mol. The topological polar surface area (TPSA) is 206 Å². The summed E-state index contributed by atoms with van der Waals surface area (Å²) < 4.78 is 0. The van der Waals surface area contributed by atoms with Crippen LogP contribution in [-0.2, 0) is 40.0 Å². The van der Waals surface area contributed by atoms with E-state index in [1.54, 1.807) is 24.3 Å². The van der Waals surface area contributed by atoms with Gasteiger partial charge in [-0.05, 0) is 64.4 Å². The average molecular weight is 750 g/mol. The quantitative estimate of drug-likeness (QED) is 0.231. The lowest BCUT2D eigenvalue weighted by molar-refractivity contribution is -0.143. The number of nitrogens with one attached hydrogen (secondary N) is 5. The molecule has 1 aromatic rings. The molecule has 3 saturated heterocycles. The standard InChI is InChI=1S/C39H55N7O8/c1-22-33(48)42-29-14-8-13-28(29)35(50)44-32(23(2)47)37(52)43-30(19-24-9-4-3-5-10-24)39(54)46-21-27(20-31(46)36(51)40-22)41-34(49)25-15-17-45(18-16-25)38(53)26-11-6-7-12-26/h3-5,9-10,22-23,25-32,47H,6-8,11-21H2,1-2H3,(H,40,51)(H,41,49)(H,42,48)(H,43,52)(H,44,50)/t22-,23+,27+,28+,29+,30-,31-,32-/m0/s1. The first kappa shape index (κ1) is 39.2. The van der Waals surface area contributed by atoms with Crippen LogP contribution >= 0.6 is 0 Å². The van der Waals surface area contributed by atoms with E-state index in [2.05, 4.69) is 26.6 Å². The molecule has 5 fully saturated rings. The molecule has 54 heavy (non-hydrogen) atoms. The predicted octanol–water partition coefficient (Wildman–Crippen LogP) is -0.103. The second-order valence-electron chi connectivity index (χ2n) is 15.9. The number of piperidine rings is 1. The Morgan fingerprint density at radius 2 is 1.52 bits per heavy atom. The molecule has 1 aromatic carbocycles. The molecular formula is C39H55N7O8. The van der Waals surface area contributed by atoms with Crippen molar-refractivity contribution < 1.29 is 38.7 Å². The molecule has 3 aliphatic heterocycles. The van der Waals surface area contributed by atoms with Gasteiger partial charge in [-0.2, -0.15) is 0 Å². The molecule has 294 valence electrons. The third-order valence-corrected chi connectivity index (χ3v) is 12.0. The number of likely N-dealkylation sites (tertiary alicyclic amines) is 1. The van der Waals surface area contributed by atoms with Crippen molar-refractivity contribution in [3.05, 3.63) is 35.9 Å². The van der Waals surface area contributed by atoms with Crippen molar-refractivity contribution in [2.75, 3.05) is 19.6 Å². The van der Waals surface area contributed by atoms with Crippen LogP contribution in [-0.4, -0.2) is 118 Å². The third-order valence-electron chi connectivity index (χ3n) is 12.0. The van der Waals surface area contributed by atoms with Gasteiger partial charge >= 0.3 is 0 Å². The molecule has 0 aromatic heterocycles. The van der Waals surface area contributed by atoms with E-state index in [1.807, 2.05) is 11.0 Å². The van der Waals surface area contributed by atoms with Gasteiger partial charge in [0.25, 0.3) is 0 Å². The van der Waals surface area contributed by atoms with Gasteiger partial charge in [0.2, 0.25) is 41.4 Å². The number of nitrogens with zero attached hydrogens (tertiary/aromatic N) is 2. The summed E-state index contributed by atoms with van der Waals surface area (Å²) in [6.45, 7) is 3.89. The summed E-state index contributed by atoms with van der Waals surface area (Å²) in [5.74, 6) is -3.87. The van der Waals surface area contributed by atoms with E-state index in [0.29, 0.717) is 45.2 Å². The average Bonchev–Trinajstić information content (AvgIpc) is 3.95. The van der Waals surface area contributed by atoms with E-state index in [1.165, 1.54) is 18.7 Å². The summed E-state index contributed by atoms with van der Waals surface area (Å²) in [4.78, 5) is 98.9. The lowest BCUT2D eigenvalue weighted by Gasteiger charge is -2.33. The van der Waals surface area contributed by atoms with E-state index in [0.717, 1.165) is 31.2 Å². The molecule has 2 aliphatic carbocycles. The van der Waals surface area contributed by atoms with Crippen molar-refractivity contribution in [2.24, 2.45) is 17.8 Å². The lowest BCUT2D eigenvalue weighted by Crippen LogP contribution is -2.61. The molecule has 5 aliphatic rings. The molecule has 0 spiro atoms. The van der Waals surface area contributed by atoms with E-state index in [9.17, 15) is 38.7 Å². The largest absolute Gasteiger partial charge is 0.391 e. The van der Waals surface area contributed by atoms with Gasteiger partial charge in [-0.15, -0.1) is 0 Å². The summed E-state index contributed by atoms with van der Waals surface area (Å²) in [6.07, 6.45) is 5.48. The number of carbonyl (C=O) groups excluding carboxylic acids is 7. The number of hydrogen-bond donors (Lipinski definition) is 6. The number of aliphatic hydroxyl groups excluding tert-OH is 1. The zero-order valence-electron chi connectivity index (χ0n) is 31.3. The Balaban J connectivity index is 1.22. The number of hydrogen-bond acceptors (Lipinski definition) is 8. The zero-order valence-corrected chi connectivity index (χ0v) is 31.3. The number of fused-ring (bicyclic) bond motifs is 2. The van der Waals surface area contributed by atoms with Crippen LogP contribution in [0.25, 0.3) is 0 Å². The fraction of sp³-hybridized carbons (Fsp3) is 0.667. The number of benzene rings is 1. The van der Waals surface area contributed by atoms with Crippen LogP contribution in [0.15, 0.2) is 30.3 Å². The SMILES string of the molecule is C[C@@H]1NC(=O)[C@@H]2C[C@@H](NC(=O)C3CCN(C(=O)C4CCCC4)CC3)CN2C(=O)[C@H](Cc2ccccc2)NC(=O)[C@H]([C@@H](C)O)NC(=O)[C@@H]2CCC[C@H]2NC1=O. The maximum absolute atomic E-state index is 14.5. The van der Waals surface area contributed by atoms with Gasteiger partial charge in [0, 0.05) is 50.0 Å². The normalized spacial score (nSPS) is 31.2. The fourth-order valence-electron chi connectivity index (χ4n) is 8.85. The molecule has 8 atom stereocenters. The van der Waals surface area contributed by atoms with Crippen LogP contribution in [0.4, 0.5) is 0 Å². The van der Waals surface area contributed by atoms with Crippen molar-refractivity contribution in [2.45, 2.75) is 127 Å². The maximum atomic E-state index is 14.5. The van der Waals surface area contributed by atoms with Crippen molar-refractivity contribution >= 4 is 41.4 Å². The number of amides is 7. The highest BCUT2D eigenvalue weighted by molar-refractivity contribution is 5.97. The first-order valence-corrected chi connectivity index (χ1v) is 19.7. The van der Waals surface area contributed by atoms with Crippen LogP contribution in [0, 0.1) is 17.8 Å². The molecule has 6 N–H and O–H groups in total. The summed E-state index contributed by atoms with van der Waals surface area (Å²) >= 11 is 0. The summed E-state index contributed by atoms with van der Waals surface area (Å²) in [5.41, 5.74) is 0.727. The van der Waals surface area contributed by atoms with Crippen LogP contribution in [0.2, 0.25) is 0 Å².